The van der Waals surface area contributed by atoms with E-state index in [2.05, 4.69) is 0 Å². The van der Waals surface area contributed by atoms with Crippen LogP contribution in [-0.4, -0.2) is 11.9 Å². The van der Waals surface area contributed by atoms with Crippen LogP contribution in [0.4, 0.5) is 0 Å². The predicted molar refractivity (Wildman–Crippen MR) is 40.7 cm³/mol. The third-order valence-electron chi connectivity index (χ3n) is 2.12. The van der Waals surface area contributed by atoms with Gasteiger partial charge in [-0.3, -0.25) is 0 Å². The van der Waals surface area contributed by atoms with E-state index in [0.717, 1.165) is 6.54 Å². The molecule has 1 saturated carbocycles. The number of alkyl halides is 1. The molecule has 0 aromatic rings. The molecule has 2 heteroatoms. The lowest BCUT2D eigenvalue weighted by atomic mass is 9.89. The van der Waals surface area contributed by atoms with Crippen molar-refractivity contribution in [3.63, 3.8) is 0 Å². The molecule has 0 aliphatic heterocycles. The van der Waals surface area contributed by atoms with E-state index in [1.807, 2.05) is 0 Å². The van der Waals surface area contributed by atoms with E-state index in [0.29, 0.717) is 11.3 Å². The van der Waals surface area contributed by atoms with Crippen molar-refractivity contribution in [1.82, 2.24) is 0 Å². The molecule has 1 nitrogen and oxygen atoms in total. The summed E-state index contributed by atoms with van der Waals surface area (Å²) in [5.74, 6) is 0.598. The van der Waals surface area contributed by atoms with Gasteiger partial charge in [0.1, 0.15) is 0 Å². The Morgan fingerprint density at radius 3 is 2.44 bits per heavy atom. The summed E-state index contributed by atoms with van der Waals surface area (Å²) >= 11 is 6.00. The summed E-state index contributed by atoms with van der Waals surface area (Å²) in [7, 11) is 0. The zero-order chi connectivity index (χ0) is 6.69. The standard InChI is InChI=1S/C7H14ClN/c8-7-4-2-1-3-6(7)5-9/h6-7H,1-5,9H2. The minimum atomic E-state index is 0.365. The largest absolute Gasteiger partial charge is 0.330 e. The minimum Gasteiger partial charge on any atom is -0.330 e. The second-order valence-electron chi connectivity index (χ2n) is 2.80. The lowest BCUT2D eigenvalue weighted by molar-refractivity contribution is 0.373. The van der Waals surface area contributed by atoms with Crippen LogP contribution in [0, 0.1) is 5.92 Å². The molecule has 54 valence electrons. The molecule has 0 heterocycles. The highest BCUT2D eigenvalue weighted by molar-refractivity contribution is 6.20. The molecule has 1 fully saturated rings. The highest BCUT2D eigenvalue weighted by atomic mass is 35.5. The zero-order valence-electron chi connectivity index (χ0n) is 5.65. The molecule has 1 aliphatic carbocycles. The van der Waals surface area contributed by atoms with Crippen LogP contribution in [0.3, 0.4) is 0 Å². The van der Waals surface area contributed by atoms with Gasteiger partial charge < -0.3 is 5.73 Å². The van der Waals surface area contributed by atoms with Crippen LogP contribution in [0.25, 0.3) is 0 Å². The number of nitrogens with two attached hydrogens (primary N) is 1. The molecular weight excluding hydrogens is 134 g/mol. The van der Waals surface area contributed by atoms with Crippen LogP contribution in [0.1, 0.15) is 25.7 Å². The molecular formula is C7H14ClN. The summed E-state index contributed by atoms with van der Waals surface area (Å²) in [6.45, 7) is 0.772. The van der Waals surface area contributed by atoms with E-state index in [9.17, 15) is 0 Å². The van der Waals surface area contributed by atoms with Gasteiger partial charge in [0.15, 0.2) is 0 Å². The van der Waals surface area contributed by atoms with Crippen molar-refractivity contribution in [3.8, 4) is 0 Å². The van der Waals surface area contributed by atoms with Gasteiger partial charge in [-0.1, -0.05) is 12.8 Å². The molecule has 0 bridgehead atoms. The molecule has 2 atom stereocenters. The summed E-state index contributed by atoms with van der Waals surface area (Å²) in [4.78, 5) is 0. The second kappa shape index (κ2) is 3.43. The predicted octanol–water partition coefficient (Wildman–Crippen LogP) is 1.74. The molecule has 1 aliphatic rings. The van der Waals surface area contributed by atoms with Crippen molar-refractivity contribution in [3.05, 3.63) is 0 Å². The van der Waals surface area contributed by atoms with Crippen molar-refractivity contribution in [2.24, 2.45) is 11.7 Å². The molecule has 1 rings (SSSR count). The van der Waals surface area contributed by atoms with Gasteiger partial charge in [0.05, 0.1) is 0 Å². The average Bonchev–Trinajstić information content (AvgIpc) is 1.89. The second-order valence-corrected chi connectivity index (χ2v) is 3.36. The molecule has 0 saturated heterocycles. The first-order chi connectivity index (χ1) is 4.34. The van der Waals surface area contributed by atoms with Crippen molar-refractivity contribution in [1.29, 1.82) is 0 Å². The first kappa shape index (κ1) is 7.36. The topological polar surface area (TPSA) is 26.0 Å². The van der Waals surface area contributed by atoms with Gasteiger partial charge in [0.2, 0.25) is 0 Å². The fourth-order valence-corrected chi connectivity index (χ4v) is 1.81. The summed E-state index contributed by atoms with van der Waals surface area (Å²) in [6, 6.07) is 0. The molecule has 0 aromatic heterocycles. The Labute approximate surface area is 61.6 Å². The number of hydrogen-bond acceptors (Lipinski definition) is 1. The normalized spacial score (nSPS) is 36.7. The Bertz CT molecular complexity index is 85.0. The highest BCUT2D eigenvalue weighted by Crippen LogP contribution is 2.27. The van der Waals surface area contributed by atoms with Crippen LogP contribution in [0.15, 0.2) is 0 Å². The van der Waals surface area contributed by atoms with E-state index >= 15 is 0 Å². The van der Waals surface area contributed by atoms with Gasteiger partial charge in [0, 0.05) is 5.38 Å². The lowest BCUT2D eigenvalue weighted by Gasteiger charge is -2.25. The quantitative estimate of drug-likeness (QED) is 0.562. The fraction of sp³-hybridized carbons (Fsp3) is 1.00. The maximum absolute atomic E-state index is 6.00. The molecule has 9 heavy (non-hydrogen) atoms. The molecule has 0 spiro atoms. The van der Waals surface area contributed by atoms with E-state index < -0.39 is 0 Å². The van der Waals surface area contributed by atoms with Gasteiger partial charge >= 0.3 is 0 Å². The van der Waals surface area contributed by atoms with Crippen molar-refractivity contribution in [2.45, 2.75) is 31.1 Å². The minimum absolute atomic E-state index is 0.365. The van der Waals surface area contributed by atoms with Gasteiger partial charge in [-0.05, 0) is 25.3 Å². The van der Waals surface area contributed by atoms with Crippen molar-refractivity contribution >= 4 is 11.6 Å². The maximum atomic E-state index is 6.00. The van der Waals surface area contributed by atoms with E-state index in [-0.39, 0.29) is 0 Å². The molecule has 2 unspecified atom stereocenters. The first-order valence-corrected chi connectivity index (χ1v) is 4.12. The highest BCUT2D eigenvalue weighted by Gasteiger charge is 2.20. The molecule has 0 amide bonds. The third-order valence-corrected chi connectivity index (χ3v) is 2.69. The van der Waals surface area contributed by atoms with Crippen LogP contribution < -0.4 is 5.73 Å². The van der Waals surface area contributed by atoms with E-state index in [4.69, 9.17) is 17.3 Å². The molecule has 0 aromatic carbocycles. The smallest absolute Gasteiger partial charge is 0.0376 e. The number of hydrogen-bond donors (Lipinski definition) is 1. The SMILES string of the molecule is NCC1CCCCC1Cl. The summed E-state index contributed by atoms with van der Waals surface area (Å²) in [5.41, 5.74) is 5.51. The van der Waals surface area contributed by atoms with Gasteiger partial charge in [0.25, 0.3) is 0 Å². The van der Waals surface area contributed by atoms with E-state index in [1.165, 1.54) is 25.7 Å². The number of halogens is 1. The van der Waals surface area contributed by atoms with Crippen LogP contribution >= 0.6 is 11.6 Å². The summed E-state index contributed by atoms with van der Waals surface area (Å²) in [6.07, 6.45) is 5.03. The fourth-order valence-electron chi connectivity index (χ4n) is 1.43. The lowest BCUT2D eigenvalue weighted by Crippen LogP contribution is -2.26. The van der Waals surface area contributed by atoms with Crippen LogP contribution in [-0.2, 0) is 0 Å². The Morgan fingerprint density at radius 2 is 2.00 bits per heavy atom. The van der Waals surface area contributed by atoms with Crippen molar-refractivity contribution in [2.75, 3.05) is 6.54 Å². The molecule has 2 N–H and O–H groups in total. The van der Waals surface area contributed by atoms with Crippen LogP contribution in [0.5, 0.6) is 0 Å². The zero-order valence-corrected chi connectivity index (χ0v) is 6.40. The third kappa shape index (κ3) is 1.84. The van der Waals surface area contributed by atoms with Gasteiger partial charge in [-0.2, -0.15) is 0 Å². The van der Waals surface area contributed by atoms with Gasteiger partial charge in [-0.25, -0.2) is 0 Å². The Hall–Kier alpha value is 0.250. The van der Waals surface area contributed by atoms with Crippen molar-refractivity contribution < 1.29 is 0 Å². The Balaban J connectivity index is 2.30. The average molecular weight is 148 g/mol. The summed E-state index contributed by atoms with van der Waals surface area (Å²) in [5, 5.41) is 0.365. The maximum Gasteiger partial charge on any atom is 0.0376 e. The Morgan fingerprint density at radius 1 is 1.33 bits per heavy atom. The number of rotatable bonds is 1. The van der Waals surface area contributed by atoms with Gasteiger partial charge in [-0.15, -0.1) is 11.6 Å². The Kier molecular flexibility index (Phi) is 2.80. The molecule has 0 radical (unpaired) electrons. The van der Waals surface area contributed by atoms with E-state index in [1.54, 1.807) is 0 Å². The monoisotopic (exact) mass is 147 g/mol. The van der Waals surface area contributed by atoms with Crippen LogP contribution in [0.2, 0.25) is 0 Å². The first-order valence-electron chi connectivity index (χ1n) is 3.68. The summed E-state index contributed by atoms with van der Waals surface area (Å²) < 4.78 is 0.